The van der Waals surface area contributed by atoms with Crippen LogP contribution in [-0.2, 0) is 19.6 Å². The maximum Gasteiger partial charge on any atom is 0.324 e. The van der Waals surface area contributed by atoms with Crippen molar-refractivity contribution in [1.29, 1.82) is 0 Å². The molecule has 0 spiro atoms. The molecule has 0 radical (unpaired) electrons. The molecule has 6 N–H and O–H groups in total. The number of carbonyl (C=O) groups is 2. The molecule has 1 aromatic carbocycles. The fourth-order valence-electron chi connectivity index (χ4n) is 4.03. The van der Waals surface area contributed by atoms with Crippen molar-refractivity contribution >= 4 is 50.3 Å². The summed E-state index contributed by atoms with van der Waals surface area (Å²) in [5.74, 6) is -0.540. The number of imidazole rings is 1. The lowest BCUT2D eigenvalue weighted by atomic mass is 10.1. The standard InChI is InChI=1S/C23H24N10O7S/c1-2-24-20(36)17-15(34)16(35)21(40-17)33-11-29-14-18(27-10-28-19(14)33)31-22(37)30-12-4-6-13(7-5-12)32-41(38,39)23-25-8-3-9-26-23/h3-11,15-17,21,32,34-35H,2H2,1H3,(H,24,36)(H2,27,28,30,31,37)/t15-,16+,17-,21+/m0/s1. The molecule has 1 aliphatic heterocycles. The van der Waals surface area contributed by atoms with E-state index in [1.807, 2.05) is 0 Å². The van der Waals surface area contributed by atoms with Gasteiger partial charge in [-0.15, -0.1) is 0 Å². The highest BCUT2D eigenvalue weighted by molar-refractivity contribution is 7.92. The van der Waals surface area contributed by atoms with Gasteiger partial charge in [-0.3, -0.25) is 19.4 Å². The SMILES string of the molecule is CCNC(=O)[C@H]1O[C@@H](n2cnc3c(NC(=O)Nc4ccc(NS(=O)(=O)c5ncccn5)cc4)ncnc32)[C@H](O)[C@@H]1O. The van der Waals surface area contributed by atoms with Crippen LogP contribution in [0.3, 0.4) is 0 Å². The lowest BCUT2D eigenvalue weighted by Crippen LogP contribution is -2.42. The average Bonchev–Trinajstić information content (AvgIpc) is 3.51. The number of urea groups is 1. The highest BCUT2D eigenvalue weighted by Crippen LogP contribution is 2.32. The molecule has 1 aliphatic rings. The second-order valence-corrected chi connectivity index (χ2v) is 10.2. The first-order valence-corrected chi connectivity index (χ1v) is 13.6. The fourth-order valence-corrected chi connectivity index (χ4v) is 4.96. The second kappa shape index (κ2) is 11.4. The fraction of sp³-hybridized carbons (Fsp3) is 0.261. The van der Waals surface area contributed by atoms with Gasteiger partial charge >= 0.3 is 6.03 Å². The third-order valence-electron chi connectivity index (χ3n) is 5.89. The van der Waals surface area contributed by atoms with Crippen LogP contribution in [0.25, 0.3) is 11.2 Å². The van der Waals surface area contributed by atoms with Crippen LogP contribution < -0.4 is 20.7 Å². The van der Waals surface area contributed by atoms with E-state index in [0.717, 1.165) is 6.33 Å². The second-order valence-electron chi connectivity index (χ2n) is 8.66. The van der Waals surface area contributed by atoms with Crippen LogP contribution >= 0.6 is 0 Å². The minimum absolute atomic E-state index is 0.0341. The molecule has 1 fully saturated rings. The molecule has 0 aliphatic carbocycles. The van der Waals surface area contributed by atoms with E-state index in [4.69, 9.17) is 4.74 Å². The summed E-state index contributed by atoms with van der Waals surface area (Å²) in [6.07, 6.45) is -0.360. The number of hydrogen-bond donors (Lipinski definition) is 6. The van der Waals surface area contributed by atoms with Crippen molar-refractivity contribution in [3.05, 3.63) is 55.4 Å². The van der Waals surface area contributed by atoms with Gasteiger partial charge in [0.1, 0.15) is 18.5 Å². The lowest BCUT2D eigenvalue weighted by Gasteiger charge is -2.16. The number of aliphatic hydroxyl groups excluding tert-OH is 2. The summed E-state index contributed by atoms with van der Waals surface area (Å²) in [6.45, 7) is 2.02. The normalized spacial score (nSPS) is 20.5. The first kappa shape index (κ1) is 27.8. The van der Waals surface area contributed by atoms with Crippen molar-refractivity contribution in [2.75, 3.05) is 21.9 Å². The van der Waals surface area contributed by atoms with Crippen molar-refractivity contribution in [1.82, 2.24) is 34.8 Å². The Morgan fingerprint density at radius 1 is 0.976 bits per heavy atom. The number of nitrogens with zero attached hydrogens (tertiary/aromatic N) is 6. The molecule has 3 aromatic heterocycles. The molecule has 0 bridgehead atoms. The van der Waals surface area contributed by atoms with Gasteiger partial charge in [-0.1, -0.05) is 0 Å². The molecule has 1 saturated heterocycles. The molecule has 0 saturated carbocycles. The zero-order chi connectivity index (χ0) is 29.1. The number of aromatic nitrogens is 6. The number of likely N-dealkylation sites (N-methyl/N-ethyl adjacent to an activating group) is 1. The molecule has 4 atom stereocenters. The van der Waals surface area contributed by atoms with E-state index in [9.17, 15) is 28.2 Å². The Bertz CT molecular complexity index is 1670. The summed E-state index contributed by atoms with van der Waals surface area (Å²) >= 11 is 0. The molecule has 3 amide bonds. The minimum atomic E-state index is -3.98. The Labute approximate surface area is 232 Å². The number of rotatable bonds is 8. The molecule has 4 aromatic rings. The Morgan fingerprint density at radius 2 is 1.68 bits per heavy atom. The molecule has 17 nitrogen and oxygen atoms in total. The van der Waals surface area contributed by atoms with Crippen molar-refractivity contribution < 1.29 is 33.0 Å². The predicted octanol–water partition coefficient (Wildman–Crippen LogP) is -0.184. The number of hydrogen-bond acceptors (Lipinski definition) is 12. The molecule has 214 valence electrons. The van der Waals surface area contributed by atoms with Crippen molar-refractivity contribution in [2.45, 2.75) is 36.6 Å². The third-order valence-corrected chi connectivity index (χ3v) is 7.09. The van der Waals surface area contributed by atoms with E-state index in [1.165, 1.54) is 53.6 Å². The first-order chi connectivity index (χ1) is 19.7. The Morgan fingerprint density at radius 3 is 2.39 bits per heavy atom. The van der Waals surface area contributed by atoms with Crippen LogP contribution in [0.4, 0.5) is 22.0 Å². The summed E-state index contributed by atoms with van der Waals surface area (Å²) < 4.78 is 34.1. The van der Waals surface area contributed by atoms with Gasteiger partial charge < -0.3 is 25.6 Å². The van der Waals surface area contributed by atoms with E-state index >= 15 is 0 Å². The van der Waals surface area contributed by atoms with Gasteiger partial charge in [-0.2, -0.15) is 8.42 Å². The quantitative estimate of drug-likeness (QED) is 0.148. The molecule has 18 heteroatoms. The van der Waals surface area contributed by atoms with Gasteiger partial charge in [0, 0.05) is 30.3 Å². The molecular formula is C23H24N10O7S. The van der Waals surface area contributed by atoms with E-state index < -0.39 is 46.5 Å². The summed E-state index contributed by atoms with van der Waals surface area (Å²) in [4.78, 5) is 44.7. The van der Waals surface area contributed by atoms with Crippen LogP contribution in [0.5, 0.6) is 0 Å². The molecule has 41 heavy (non-hydrogen) atoms. The van der Waals surface area contributed by atoms with E-state index in [-0.39, 0.29) is 27.8 Å². The number of fused-ring (bicyclic) bond motifs is 1. The highest BCUT2D eigenvalue weighted by atomic mass is 32.2. The number of nitrogens with one attached hydrogen (secondary N) is 4. The van der Waals surface area contributed by atoms with Gasteiger partial charge in [0.15, 0.2) is 29.3 Å². The third kappa shape index (κ3) is 5.75. The van der Waals surface area contributed by atoms with E-state index in [2.05, 4.69) is 45.6 Å². The van der Waals surface area contributed by atoms with E-state index in [0.29, 0.717) is 12.2 Å². The Kier molecular flexibility index (Phi) is 7.70. The topological polar surface area (TPSA) is 235 Å². The predicted molar refractivity (Wildman–Crippen MR) is 142 cm³/mol. The van der Waals surface area contributed by atoms with Crippen LogP contribution in [0.1, 0.15) is 13.2 Å². The average molecular weight is 585 g/mol. The summed E-state index contributed by atoms with van der Waals surface area (Å²) in [5.41, 5.74) is 0.886. The lowest BCUT2D eigenvalue weighted by molar-refractivity contribution is -0.137. The smallest absolute Gasteiger partial charge is 0.324 e. The molecule has 5 rings (SSSR count). The molecular weight excluding hydrogens is 560 g/mol. The number of benzene rings is 1. The maximum atomic E-state index is 12.7. The van der Waals surface area contributed by atoms with Gasteiger partial charge in [0.05, 0.1) is 6.33 Å². The van der Waals surface area contributed by atoms with Crippen LogP contribution in [0.15, 0.2) is 60.5 Å². The van der Waals surface area contributed by atoms with Crippen molar-refractivity contribution in [3.63, 3.8) is 0 Å². The summed E-state index contributed by atoms with van der Waals surface area (Å²) in [6, 6.07) is 6.64. The number of sulfonamides is 1. The summed E-state index contributed by atoms with van der Waals surface area (Å²) in [5, 5.41) is 28.2. The van der Waals surface area contributed by atoms with Gasteiger partial charge in [0.2, 0.25) is 0 Å². The number of carbonyl (C=O) groups excluding carboxylic acids is 2. The highest BCUT2D eigenvalue weighted by Gasteiger charge is 2.47. The van der Waals surface area contributed by atoms with Gasteiger partial charge in [-0.25, -0.2) is 29.7 Å². The van der Waals surface area contributed by atoms with Gasteiger partial charge in [-0.05, 0) is 37.3 Å². The summed E-state index contributed by atoms with van der Waals surface area (Å²) in [7, 11) is -3.98. The molecule has 0 unspecified atom stereocenters. The van der Waals surface area contributed by atoms with Crippen LogP contribution in [0, 0.1) is 0 Å². The van der Waals surface area contributed by atoms with Gasteiger partial charge in [0.25, 0.3) is 21.1 Å². The number of anilines is 3. The zero-order valence-electron chi connectivity index (χ0n) is 21.2. The number of amides is 3. The minimum Gasteiger partial charge on any atom is -0.387 e. The monoisotopic (exact) mass is 584 g/mol. The van der Waals surface area contributed by atoms with E-state index in [1.54, 1.807) is 6.92 Å². The first-order valence-electron chi connectivity index (χ1n) is 12.1. The maximum absolute atomic E-state index is 12.7. The number of aliphatic hydroxyl groups is 2. The largest absolute Gasteiger partial charge is 0.387 e. The Balaban J connectivity index is 1.26. The zero-order valence-corrected chi connectivity index (χ0v) is 22.1. The van der Waals surface area contributed by atoms with Crippen molar-refractivity contribution in [3.8, 4) is 0 Å². The van der Waals surface area contributed by atoms with Crippen molar-refractivity contribution in [2.24, 2.45) is 0 Å². The Hall–Kier alpha value is -4.78. The number of ether oxygens (including phenoxy) is 1. The van der Waals surface area contributed by atoms with Crippen LogP contribution in [0.2, 0.25) is 0 Å². The molecule has 4 heterocycles. The van der Waals surface area contributed by atoms with Crippen LogP contribution in [-0.4, -0.2) is 84.9 Å².